The second-order valence-electron chi connectivity index (χ2n) is 8.80. The molecule has 4 aromatic rings. The Kier molecular flexibility index (Phi) is 5.45. The Balaban J connectivity index is 1.33. The van der Waals surface area contributed by atoms with Gasteiger partial charge in [0.05, 0.1) is 12.5 Å². The maximum absolute atomic E-state index is 14.0. The van der Waals surface area contributed by atoms with Crippen LogP contribution in [0, 0.1) is 0 Å². The molecule has 0 bridgehead atoms. The van der Waals surface area contributed by atoms with Gasteiger partial charge in [0.15, 0.2) is 5.54 Å². The Morgan fingerprint density at radius 3 is 2.14 bits per heavy atom. The van der Waals surface area contributed by atoms with Crippen molar-refractivity contribution in [2.24, 2.45) is 5.10 Å². The zero-order valence-corrected chi connectivity index (χ0v) is 19.6. The first-order valence-electron chi connectivity index (χ1n) is 11.8. The first-order valence-corrected chi connectivity index (χ1v) is 11.8. The number of nitrogens with zero attached hydrogens (tertiary/aromatic N) is 3. The lowest BCUT2D eigenvalue weighted by molar-refractivity contribution is -0.139. The number of urea groups is 1. The molecule has 2 aliphatic rings. The van der Waals surface area contributed by atoms with Gasteiger partial charge in [0.25, 0.3) is 11.8 Å². The van der Waals surface area contributed by atoms with Gasteiger partial charge in [-0.2, -0.15) is 5.10 Å². The van der Waals surface area contributed by atoms with Crippen LogP contribution in [0.1, 0.15) is 35.1 Å². The van der Waals surface area contributed by atoms with Gasteiger partial charge in [0.2, 0.25) is 0 Å². The maximum atomic E-state index is 14.0. The normalized spacial score (nSPS) is 18.7. The zero-order chi connectivity index (χ0) is 25.4. The van der Waals surface area contributed by atoms with Crippen LogP contribution in [0.5, 0.6) is 0 Å². The van der Waals surface area contributed by atoms with Gasteiger partial charge in [-0.05, 0) is 35.4 Å². The van der Waals surface area contributed by atoms with Crippen LogP contribution in [0.3, 0.4) is 0 Å². The Labute approximate surface area is 212 Å². The molecule has 1 N–H and O–H groups in total. The fourth-order valence-corrected chi connectivity index (χ4v) is 4.90. The average Bonchev–Trinajstić information content (AvgIpc) is 3.74. The number of hydrogen-bond acceptors (Lipinski definition) is 6. The molecule has 1 atom stereocenters. The molecule has 2 aromatic heterocycles. The maximum Gasteiger partial charge on any atom is 0.326 e. The van der Waals surface area contributed by atoms with Gasteiger partial charge in [-0.3, -0.25) is 14.5 Å². The van der Waals surface area contributed by atoms with Gasteiger partial charge >= 0.3 is 6.03 Å². The molecule has 0 radical (unpaired) electrons. The summed E-state index contributed by atoms with van der Waals surface area (Å²) in [4.78, 5) is 41.7. The van der Waals surface area contributed by atoms with E-state index < -0.39 is 36.0 Å². The van der Waals surface area contributed by atoms with Crippen LogP contribution in [-0.4, -0.2) is 40.0 Å². The van der Waals surface area contributed by atoms with E-state index in [0.717, 1.165) is 4.90 Å². The lowest BCUT2D eigenvalue weighted by Gasteiger charge is -2.28. The van der Waals surface area contributed by atoms with Crippen LogP contribution in [0.25, 0.3) is 0 Å². The van der Waals surface area contributed by atoms with Gasteiger partial charge in [-0.25, -0.2) is 9.80 Å². The molecular formula is C28H22N4O5. The summed E-state index contributed by atoms with van der Waals surface area (Å²) >= 11 is 0. The predicted molar refractivity (Wildman–Crippen MR) is 132 cm³/mol. The van der Waals surface area contributed by atoms with Crippen molar-refractivity contribution >= 4 is 23.6 Å². The Morgan fingerprint density at radius 1 is 0.892 bits per heavy atom. The summed E-state index contributed by atoms with van der Waals surface area (Å²) in [6, 6.07) is 23.8. The monoisotopic (exact) mass is 494 g/mol. The summed E-state index contributed by atoms with van der Waals surface area (Å²) in [7, 11) is 0. The molecule has 2 aliphatic heterocycles. The molecule has 1 saturated heterocycles. The van der Waals surface area contributed by atoms with E-state index in [1.807, 2.05) is 12.1 Å². The molecule has 0 unspecified atom stereocenters. The highest BCUT2D eigenvalue weighted by atomic mass is 16.3. The Morgan fingerprint density at radius 2 is 1.54 bits per heavy atom. The van der Waals surface area contributed by atoms with Gasteiger partial charge < -0.3 is 14.2 Å². The third kappa shape index (κ3) is 3.72. The molecule has 6 rings (SSSR count). The molecule has 9 nitrogen and oxygen atoms in total. The summed E-state index contributed by atoms with van der Waals surface area (Å²) in [6.45, 7) is -0.488. The van der Waals surface area contributed by atoms with Crippen LogP contribution in [0.4, 0.5) is 4.79 Å². The number of nitrogens with one attached hydrogen (secondary N) is 1. The number of hydrazone groups is 1. The van der Waals surface area contributed by atoms with Gasteiger partial charge in [0.1, 0.15) is 29.8 Å². The Bertz CT molecular complexity index is 1420. The van der Waals surface area contributed by atoms with Crippen molar-refractivity contribution in [3.8, 4) is 0 Å². The summed E-state index contributed by atoms with van der Waals surface area (Å²) in [5.74, 6) is 0.0170. The average molecular weight is 495 g/mol. The minimum atomic E-state index is -1.45. The minimum absolute atomic E-state index is 0.366. The smallest absolute Gasteiger partial charge is 0.326 e. The number of amides is 4. The summed E-state index contributed by atoms with van der Waals surface area (Å²) in [6.07, 6.45) is 3.42. The lowest BCUT2D eigenvalue weighted by Crippen LogP contribution is -2.46. The number of carbonyl (C=O) groups excluding carboxylic acids is 3. The summed E-state index contributed by atoms with van der Waals surface area (Å²) in [5, 5.41) is 8.62. The highest BCUT2D eigenvalue weighted by Gasteiger charge is 2.54. The fourth-order valence-electron chi connectivity index (χ4n) is 4.90. The molecule has 4 amide bonds. The Hall–Kier alpha value is -4.92. The van der Waals surface area contributed by atoms with E-state index in [0.29, 0.717) is 34.8 Å². The molecule has 184 valence electrons. The highest BCUT2D eigenvalue weighted by Crippen LogP contribution is 2.37. The van der Waals surface area contributed by atoms with Gasteiger partial charge in [-0.1, -0.05) is 60.7 Å². The van der Waals surface area contributed by atoms with Crippen molar-refractivity contribution in [1.29, 1.82) is 0 Å². The SMILES string of the molecule is O=C1NC(c2ccccc2)(c2ccccc2)C(=O)N1CC(=O)N1N=C(c2ccco2)C[C@H]1c1ccco1. The number of imide groups is 1. The second-order valence-corrected chi connectivity index (χ2v) is 8.80. The lowest BCUT2D eigenvalue weighted by atomic mass is 9.82. The van der Waals surface area contributed by atoms with Crippen molar-refractivity contribution in [2.45, 2.75) is 18.0 Å². The first-order chi connectivity index (χ1) is 18.1. The van der Waals surface area contributed by atoms with Crippen molar-refractivity contribution < 1.29 is 23.2 Å². The molecule has 2 aromatic carbocycles. The number of rotatable bonds is 6. The molecule has 0 aliphatic carbocycles. The topological polar surface area (TPSA) is 108 Å². The first kappa shape index (κ1) is 22.5. The standard InChI is InChI=1S/C28H22N4O5/c33-25(32-22(24-14-8-16-37-24)17-21(30-32)23-13-7-15-36-23)18-31-26(34)28(29-27(31)35,19-9-3-1-4-10-19)20-11-5-2-6-12-20/h1-16,22H,17-18H2,(H,29,35)/t22-/m0/s1. The summed E-state index contributed by atoms with van der Waals surface area (Å²) < 4.78 is 11.0. The quantitative estimate of drug-likeness (QED) is 0.407. The minimum Gasteiger partial charge on any atom is -0.467 e. The highest BCUT2D eigenvalue weighted by molar-refractivity contribution is 6.11. The van der Waals surface area contributed by atoms with E-state index in [1.54, 1.807) is 72.8 Å². The number of benzene rings is 2. The van der Waals surface area contributed by atoms with E-state index in [2.05, 4.69) is 10.4 Å². The summed E-state index contributed by atoms with van der Waals surface area (Å²) in [5.41, 5.74) is 0.317. The van der Waals surface area contributed by atoms with Gasteiger partial charge in [0, 0.05) is 6.42 Å². The number of hydrogen-bond donors (Lipinski definition) is 1. The van der Waals surface area contributed by atoms with Crippen LogP contribution in [0.2, 0.25) is 0 Å². The second kappa shape index (κ2) is 8.94. The molecule has 0 spiro atoms. The van der Waals surface area contributed by atoms with Crippen molar-refractivity contribution in [3.63, 3.8) is 0 Å². The third-order valence-electron chi connectivity index (χ3n) is 6.66. The van der Waals surface area contributed by atoms with Crippen LogP contribution >= 0.6 is 0 Å². The zero-order valence-electron chi connectivity index (χ0n) is 19.6. The van der Waals surface area contributed by atoms with Crippen molar-refractivity contribution in [1.82, 2.24) is 15.2 Å². The fraction of sp³-hybridized carbons (Fsp3) is 0.143. The third-order valence-corrected chi connectivity index (χ3v) is 6.66. The van der Waals surface area contributed by atoms with E-state index in [9.17, 15) is 14.4 Å². The van der Waals surface area contributed by atoms with Crippen LogP contribution in [0.15, 0.2) is 111 Å². The molecule has 4 heterocycles. The number of furan rings is 2. The van der Waals surface area contributed by atoms with Crippen molar-refractivity contribution in [3.05, 3.63) is 120 Å². The van der Waals surface area contributed by atoms with E-state index >= 15 is 0 Å². The van der Waals surface area contributed by atoms with Crippen LogP contribution < -0.4 is 5.32 Å². The number of carbonyl (C=O) groups is 3. The molecule has 1 fully saturated rings. The van der Waals surface area contributed by atoms with Crippen molar-refractivity contribution in [2.75, 3.05) is 6.54 Å². The largest absolute Gasteiger partial charge is 0.467 e. The van der Waals surface area contributed by atoms with E-state index in [1.165, 1.54) is 17.5 Å². The van der Waals surface area contributed by atoms with Crippen LogP contribution in [-0.2, 0) is 15.1 Å². The predicted octanol–water partition coefficient (Wildman–Crippen LogP) is 4.05. The van der Waals surface area contributed by atoms with E-state index in [4.69, 9.17) is 8.83 Å². The van der Waals surface area contributed by atoms with Gasteiger partial charge in [-0.15, -0.1) is 0 Å². The molecule has 0 saturated carbocycles. The molecule has 9 heteroatoms. The molecule has 37 heavy (non-hydrogen) atoms. The van der Waals surface area contributed by atoms with E-state index in [-0.39, 0.29) is 0 Å². The molecular weight excluding hydrogens is 472 g/mol.